The Hall–Kier alpha value is -1.24. The van der Waals surface area contributed by atoms with E-state index in [-0.39, 0.29) is 42.7 Å². The summed E-state index contributed by atoms with van der Waals surface area (Å²) >= 11 is 2.04. The van der Waals surface area contributed by atoms with Crippen molar-refractivity contribution in [1.29, 1.82) is 0 Å². The van der Waals surface area contributed by atoms with Gasteiger partial charge in [-0.1, -0.05) is 49.4 Å². The molecule has 1 fully saturated rings. The largest absolute Gasteiger partial charge is 0.326 e. The lowest BCUT2D eigenvalue weighted by Crippen LogP contribution is -2.34. The summed E-state index contributed by atoms with van der Waals surface area (Å²) < 4.78 is 0. The van der Waals surface area contributed by atoms with E-state index in [2.05, 4.69) is 22.3 Å². The van der Waals surface area contributed by atoms with Gasteiger partial charge in [-0.2, -0.15) is 11.8 Å². The van der Waals surface area contributed by atoms with Gasteiger partial charge in [0.2, 0.25) is 5.91 Å². The summed E-state index contributed by atoms with van der Waals surface area (Å²) in [5.41, 5.74) is 9.37. The first-order chi connectivity index (χ1) is 13.1. The second-order valence-corrected chi connectivity index (χ2v) is 8.34. The third-order valence-electron chi connectivity index (χ3n) is 5.18. The first-order valence-corrected chi connectivity index (χ1v) is 10.8. The minimum atomic E-state index is -0.312. The summed E-state index contributed by atoms with van der Waals surface area (Å²) in [6.07, 6.45) is 1.05. The van der Waals surface area contributed by atoms with Gasteiger partial charge in [-0.3, -0.25) is 4.79 Å². The van der Waals surface area contributed by atoms with Gasteiger partial charge in [0.15, 0.2) is 0 Å². The Kier molecular flexibility index (Phi) is 11.7. The van der Waals surface area contributed by atoms with Crippen LogP contribution < -0.4 is 11.1 Å². The Bertz CT molecular complexity index is 725. The molecule has 1 aliphatic heterocycles. The molecular weight excluding hydrogens is 425 g/mol. The van der Waals surface area contributed by atoms with Gasteiger partial charge in [-0.05, 0) is 29.7 Å². The highest BCUT2D eigenvalue weighted by atomic mass is 35.5. The van der Waals surface area contributed by atoms with E-state index >= 15 is 0 Å². The van der Waals surface area contributed by atoms with Crippen LogP contribution in [0.1, 0.15) is 24.1 Å². The number of rotatable bonds is 7. The second-order valence-electron chi connectivity index (χ2n) is 7.12. The topological polar surface area (TPSA) is 58.4 Å². The lowest BCUT2D eigenvalue weighted by molar-refractivity contribution is -0.120. The van der Waals surface area contributed by atoms with Crippen LogP contribution in [0, 0.1) is 5.92 Å². The third kappa shape index (κ3) is 7.83. The van der Waals surface area contributed by atoms with Crippen molar-refractivity contribution in [1.82, 2.24) is 4.90 Å². The Morgan fingerprint density at radius 2 is 1.69 bits per heavy atom. The SMILES string of the molecule is CC(C(=O)Nc1ccc(CCN2CCSCC2)cc1)C(N)c1ccccc1.Cl.Cl. The van der Waals surface area contributed by atoms with Crippen molar-refractivity contribution in [2.45, 2.75) is 19.4 Å². The summed E-state index contributed by atoms with van der Waals surface area (Å²) in [5, 5.41) is 2.99. The van der Waals surface area contributed by atoms with Crippen LogP contribution >= 0.6 is 36.6 Å². The monoisotopic (exact) mass is 455 g/mol. The highest BCUT2D eigenvalue weighted by Gasteiger charge is 2.22. The van der Waals surface area contributed by atoms with Crippen molar-refractivity contribution >= 4 is 48.2 Å². The summed E-state index contributed by atoms with van der Waals surface area (Å²) in [6, 6.07) is 17.6. The van der Waals surface area contributed by atoms with Gasteiger partial charge in [0.1, 0.15) is 0 Å². The molecule has 3 rings (SSSR count). The Morgan fingerprint density at radius 1 is 1.07 bits per heavy atom. The lowest BCUT2D eigenvalue weighted by atomic mass is 9.94. The number of carbonyl (C=O) groups is 1. The smallest absolute Gasteiger partial charge is 0.229 e. The molecule has 1 aliphatic rings. The highest BCUT2D eigenvalue weighted by Crippen LogP contribution is 2.21. The molecule has 2 unspecified atom stereocenters. The second kappa shape index (κ2) is 13.1. The molecule has 0 radical (unpaired) electrons. The zero-order valence-corrected chi connectivity index (χ0v) is 19.2. The number of hydrogen-bond acceptors (Lipinski definition) is 4. The van der Waals surface area contributed by atoms with Crippen LogP contribution in [0.15, 0.2) is 54.6 Å². The van der Waals surface area contributed by atoms with Gasteiger partial charge < -0.3 is 16.0 Å². The molecule has 0 aliphatic carbocycles. The zero-order valence-electron chi connectivity index (χ0n) is 16.8. The number of thioether (sulfide) groups is 1. The van der Waals surface area contributed by atoms with Crippen molar-refractivity contribution in [3.63, 3.8) is 0 Å². The number of benzene rings is 2. The number of halogens is 2. The van der Waals surface area contributed by atoms with E-state index in [9.17, 15) is 4.79 Å². The fourth-order valence-electron chi connectivity index (χ4n) is 3.25. The van der Waals surface area contributed by atoms with Crippen LogP contribution in [0.5, 0.6) is 0 Å². The van der Waals surface area contributed by atoms with Gasteiger partial charge in [-0.15, -0.1) is 24.8 Å². The standard InChI is InChI=1S/C22H29N3OS.2ClH/c1-17(21(23)19-5-3-2-4-6-19)22(26)24-20-9-7-18(8-10-20)11-12-25-13-15-27-16-14-25;;/h2-10,17,21H,11-16,23H2,1H3,(H,24,26);2*1H. The van der Waals surface area contributed by atoms with Crippen molar-refractivity contribution in [2.75, 3.05) is 36.5 Å². The number of amides is 1. The maximum absolute atomic E-state index is 12.5. The first-order valence-electron chi connectivity index (χ1n) is 9.64. The van der Waals surface area contributed by atoms with Gasteiger partial charge in [0.05, 0.1) is 5.92 Å². The van der Waals surface area contributed by atoms with Crippen LogP contribution in [0.4, 0.5) is 5.69 Å². The number of carbonyl (C=O) groups excluding carboxylic acids is 1. The molecule has 0 saturated carbocycles. The van der Waals surface area contributed by atoms with Crippen molar-refractivity contribution in [3.05, 3.63) is 65.7 Å². The van der Waals surface area contributed by atoms with Gasteiger partial charge in [0, 0.05) is 42.9 Å². The molecule has 0 aromatic heterocycles. The molecule has 2 aromatic rings. The fraction of sp³-hybridized carbons (Fsp3) is 0.409. The van der Waals surface area contributed by atoms with Crippen LogP contribution in [0.2, 0.25) is 0 Å². The van der Waals surface area contributed by atoms with Crippen LogP contribution in [-0.4, -0.2) is 41.9 Å². The molecule has 3 N–H and O–H groups in total. The molecule has 0 spiro atoms. The Labute approximate surface area is 190 Å². The minimum absolute atomic E-state index is 0. The maximum atomic E-state index is 12.5. The van der Waals surface area contributed by atoms with E-state index < -0.39 is 0 Å². The summed E-state index contributed by atoms with van der Waals surface area (Å²) in [4.78, 5) is 15.1. The number of nitrogens with zero attached hydrogens (tertiary/aromatic N) is 1. The average Bonchev–Trinajstić information content (AvgIpc) is 2.73. The number of anilines is 1. The molecule has 2 atom stereocenters. The number of hydrogen-bond donors (Lipinski definition) is 2. The van der Waals surface area contributed by atoms with E-state index in [4.69, 9.17) is 5.73 Å². The molecule has 7 heteroatoms. The summed E-state index contributed by atoms with van der Waals surface area (Å²) in [6.45, 7) is 5.37. The lowest BCUT2D eigenvalue weighted by Gasteiger charge is -2.26. The predicted octanol–water partition coefficient (Wildman–Crippen LogP) is 4.40. The van der Waals surface area contributed by atoms with Gasteiger partial charge in [0.25, 0.3) is 0 Å². The van der Waals surface area contributed by atoms with E-state index in [1.807, 2.05) is 61.2 Å². The number of nitrogens with two attached hydrogens (primary N) is 1. The molecule has 2 aromatic carbocycles. The van der Waals surface area contributed by atoms with E-state index in [0.29, 0.717) is 0 Å². The van der Waals surface area contributed by atoms with Crippen molar-refractivity contribution in [2.24, 2.45) is 11.7 Å². The molecule has 29 heavy (non-hydrogen) atoms. The van der Waals surface area contributed by atoms with Crippen molar-refractivity contribution < 1.29 is 4.79 Å². The van der Waals surface area contributed by atoms with Gasteiger partial charge in [-0.25, -0.2) is 0 Å². The van der Waals surface area contributed by atoms with Crippen LogP contribution in [0.25, 0.3) is 0 Å². The molecule has 0 bridgehead atoms. The molecule has 160 valence electrons. The number of nitrogens with one attached hydrogen (secondary N) is 1. The normalized spacial score (nSPS) is 16.1. The Balaban J connectivity index is 0.00000210. The molecular formula is C22H31Cl2N3OS. The molecule has 1 saturated heterocycles. The maximum Gasteiger partial charge on any atom is 0.229 e. The van der Waals surface area contributed by atoms with Gasteiger partial charge >= 0.3 is 0 Å². The minimum Gasteiger partial charge on any atom is -0.326 e. The van der Waals surface area contributed by atoms with E-state index in [0.717, 1.165) is 24.2 Å². The van der Waals surface area contributed by atoms with Crippen molar-refractivity contribution in [3.8, 4) is 0 Å². The fourth-order valence-corrected chi connectivity index (χ4v) is 4.23. The molecule has 1 heterocycles. The molecule has 1 amide bonds. The summed E-state index contributed by atoms with van der Waals surface area (Å²) in [5.74, 6) is 2.14. The highest BCUT2D eigenvalue weighted by molar-refractivity contribution is 7.99. The third-order valence-corrected chi connectivity index (χ3v) is 6.12. The average molecular weight is 456 g/mol. The molecule has 4 nitrogen and oxygen atoms in total. The summed E-state index contributed by atoms with van der Waals surface area (Å²) in [7, 11) is 0. The predicted molar refractivity (Wildman–Crippen MR) is 130 cm³/mol. The van der Waals surface area contributed by atoms with E-state index in [1.165, 1.54) is 30.2 Å². The Morgan fingerprint density at radius 3 is 2.31 bits per heavy atom. The van der Waals surface area contributed by atoms with Crippen LogP contribution in [-0.2, 0) is 11.2 Å². The first kappa shape index (κ1) is 25.8. The van der Waals surface area contributed by atoms with Crippen LogP contribution in [0.3, 0.4) is 0 Å². The zero-order chi connectivity index (χ0) is 19.1. The quantitative estimate of drug-likeness (QED) is 0.649. The van der Waals surface area contributed by atoms with E-state index in [1.54, 1.807) is 0 Å².